The summed E-state index contributed by atoms with van der Waals surface area (Å²) in [6.07, 6.45) is 1.49. The lowest BCUT2D eigenvalue weighted by atomic mass is 10.0. The summed E-state index contributed by atoms with van der Waals surface area (Å²) in [4.78, 5) is 24.3. The monoisotopic (exact) mass is 555 g/mol. The zero-order valence-corrected chi connectivity index (χ0v) is 21.8. The molecule has 0 radical (unpaired) electrons. The topological polar surface area (TPSA) is 123 Å². The van der Waals surface area contributed by atoms with Crippen LogP contribution >= 0.6 is 0 Å². The number of carboxylic acid groups (broad SMARTS) is 1. The largest absolute Gasteiger partial charge is 0.478 e. The smallest absolute Gasteiger partial charge is 0.335 e. The van der Waals surface area contributed by atoms with E-state index in [1.807, 2.05) is 6.07 Å². The number of pyridine rings is 2. The minimum absolute atomic E-state index is 0.0287. The lowest BCUT2D eigenvalue weighted by molar-refractivity contribution is 0.0697. The molecule has 5 aromatic rings. The molecule has 9 nitrogen and oxygen atoms in total. The molecule has 0 fully saturated rings. The van der Waals surface area contributed by atoms with Gasteiger partial charge in [-0.25, -0.2) is 28.5 Å². The molecule has 0 atom stereocenters. The summed E-state index contributed by atoms with van der Waals surface area (Å²) in [5, 5.41) is 18.3. The Morgan fingerprint density at radius 2 is 1.93 bits per heavy atom. The van der Waals surface area contributed by atoms with Crippen LogP contribution in [0.5, 0.6) is 5.88 Å². The Labute approximate surface area is 233 Å². The maximum atomic E-state index is 15.3. The zero-order valence-electron chi connectivity index (χ0n) is 21.8. The van der Waals surface area contributed by atoms with Crippen LogP contribution in [0, 0.1) is 23.0 Å². The fourth-order valence-corrected chi connectivity index (χ4v) is 4.34. The predicted molar refractivity (Wildman–Crippen MR) is 144 cm³/mol. The summed E-state index contributed by atoms with van der Waals surface area (Å²) in [7, 11) is 1.54. The normalized spacial score (nSPS) is 11.0. The summed E-state index contributed by atoms with van der Waals surface area (Å²) in [5.74, 6) is -1.74. The molecule has 41 heavy (non-hydrogen) atoms. The highest BCUT2D eigenvalue weighted by molar-refractivity contribution is 5.92. The van der Waals surface area contributed by atoms with Crippen molar-refractivity contribution < 1.29 is 28.2 Å². The third-order valence-corrected chi connectivity index (χ3v) is 6.40. The summed E-state index contributed by atoms with van der Waals surface area (Å²) in [5.41, 5.74) is 2.44. The SMILES string of the molecule is COCCn1c(Cc2cc(F)c(-c3cccc(OCc4ccc(C#N)nc4)n3)cc2F)nc2ccc(C(=O)O)cc21. The van der Waals surface area contributed by atoms with Gasteiger partial charge in [0.2, 0.25) is 5.88 Å². The van der Waals surface area contributed by atoms with Gasteiger partial charge in [-0.3, -0.25) is 0 Å². The standard InChI is InChI=1S/C30H23F2N5O4/c1-40-10-9-37-27-12-19(30(38)39)6-8-26(27)35-28(37)13-20-11-24(32)22(14-23(20)31)25-3-2-4-29(36-25)41-17-18-5-7-21(15-33)34-16-18/h2-8,11-12,14,16H,9-10,13,17H2,1H3,(H,38,39). The predicted octanol–water partition coefficient (Wildman–Crippen LogP) is 5.16. The molecule has 0 saturated carbocycles. The first-order chi connectivity index (χ1) is 19.9. The molecule has 0 unspecified atom stereocenters. The second-order valence-corrected chi connectivity index (χ2v) is 9.09. The van der Waals surface area contributed by atoms with Crippen LogP contribution in [0.15, 0.2) is 66.9 Å². The van der Waals surface area contributed by atoms with E-state index >= 15 is 8.78 Å². The fraction of sp³-hybridized carbons (Fsp3) is 0.167. The van der Waals surface area contributed by atoms with E-state index < -0.39 is 17.6 Å². The van der Waals surface area contributed by atoms with Gasteiger partial charge in [-0.15, -0.1) is 0 Å². The van der Waals surface area contributed by atoms with E-state index in [0.717, 1.165) is 12.1 Å². The number of aromatic nitrogens is 4. The van der Waals surface area contributed by atoms with Crippen LogP contribution in [-0.2, 0) is 24.3 Å². The minimum atomic E-state index is -1.08. The van der Waals surface area contributed by atoms with Gasteiger partial charge in [0.15, 0.2) is 0 Å². The van der Waals surface area contributed by atoms with Crippen LogP contribution in [0.25, 0.3) is 22.3 Å². The minimum Gasteiger partial charge on any atom is -0.478 e. The molecule has 0 spiro atoms. The molecule has 0 amide bonds. The van der Waals surface area contributed by atoms with E-state index in [1.165, 1.54) is 25.4 Å². The second kappa shape index (κ2) is 11.9. The van der Waals surface area contributed by atoms with E-state index in [1.54, 1.807) is 41.0 Å². The number of ether oxygens (including phenoxy) is 2. The lowest BCUT2D eigenvalue weighted by Crippen LogP contribution is -2.10. The molecule has 2 aromatic carbocycles. The first-order valence-corrected chi connectivity index (χ1v) is 12.5. The van der Waals surface area contributed by atoms with E-state index in [-0.39, 0.29) is 47.0 Å². The second-order valence-electron chi connectivity index (χ2n) is 9.09. The van der Waals surface area contributed by atoms with Gasteiger partial charge >= 0.3 is 5.97 Å². The van der Waals surface area contributed by atoms with Crippen molar-refractivity contribution in [3.63, 3.8) is 0 Å². The molecule has 0 aliphatic rings. The number of carboxylic acids is 1. The summed E-state index contributed by atoms with van der Waals surface area (Å²) >= 11 is 0. The highest BCUT2D eigenvalue weighted by Gasteiger charge is 2.18. The van der Waals surface area contributed by atoms with Crippen molar-refractivity contribution in [2.24, 2.45) is 0 Å². The first kappa shape index (κ1) is 27.4. The van der Waals surface area contributed by atoms with Gasteiger partial charge in [0.1, 0.15) is 35.8 Å². The Bertz CT molecular complexity index is 1780. The molecule has 1 N–H and O–H groups in total. The Hall–Kier alpha value is -5.21. The van der Waals surface area contributed by atoms with Gasteiger partial charge < -0.3 is 19.1 Å². The third-order valence-electron chi connectivity index (χ3n) is 6.40. The van der Waals surface area contributed by atoms with Crippen LogP contribution in [0.4, 0.5) is 8.78 Å². The molecule has 0 aliphatic heterocycles. The molecule has 5 rings (SSSR count). The van der Waals surface area contributed by atoms with Crippen LogP contribution in [0.2, 0.25) is 0 Å². The third kappa shape index (κ3) is 6.03. The molecule has 0 saturated heterocycles. The van der Waals surface area contributed by atoms with E-state index in [2.05, 4.69) is 15.0 Å². The molecule has 0 aliphatic carbocycles. The van der Waals surface area contributed by atoms with E-state index in [9.17, 15) is 9.90 Å². The van der Waals surface area contributed by atoms with Gasteiger partial charge in [0, 0.05) is 43.5 Å². The summed E-state index contributed by atoms with van der Waals surface area (Å²) in [6, 6.07) is 16.7. The van der Waals surface area contributed by atoms with Crippen molar-refractivity contribution in [2.45, 2.75) is 19.6 Å². The van der Waals surface area contributed by atoms with Crippen molar-refractivity contribution >= 4 is 17.0 Å². The highest BCUT2D eigenvalue weighted by atomic mass is 19.1. The van der Waals surface area contributed by atoms with Crippen LogP contribution in [0.3, 0.4) is 0 Å². The number of aromatic carboxylic acids is 1. The number of benzene rings is 2. The van der Waals surface area contributed by atoms with Crippen molar-refractivity contribution in [2.75, 3.05) is 13.7 Å². The van der Waals surface area contributed by atoms with Crippen molar-refractivity contribution in [3.05, 3.63) is 107 Å². The first-order valence-electron chi connectivity index (χ1n) is 12.5. The maximum absolute atomic E-state index is 15.3. The number of fused-ring (bicyclic) bond motifs is 1. The number of halogens is 2. The fourth-order valence-electron chi connectivity index (χ4n) is 4.34. The number of nitrogens with zero attached hydrogens (tertiary/aromatic N) is 5. The molecular weight excluding hydrogens is 532 g/mol. The number of nitriles is 1. The maximum Gasteiger partial charge on any atom is 0.335 e. The van der Waals surface area contributed by atoms with E-state index in [4.69, 9.17) is 14.7 Å². The van der Waals surface area contributed by atoms with Gasteiger partial charge in [0.25, 0.3) is 0 Å². The number of rotatable bonds is 10. The van der Waals surface area contributed by atoms with Crippen molar-refractivity contribution in [1.29, 1.82) is 5.26 Å². The van der Waals surface area contributed by atoms with Crippen LogP contribution in [-0.4, -0.2) is 44.3 Å². The highest BCUT2D eigenvalue weighted by Crippen LogP contribution is 2.28. The number of carbonyl (C=O) groups is 1. The molecular formula is C30H23F2N5O4. The number of methoxy groups -OCH3 is 1. The average molecular weight is 556 g/mol. The van der Waals surface area contributed by atoms with Gasteiger partial charge in [-0.2, -0.15) is 5.26 Å². The van der Waals surface area contributed by atoms with E-state index in [0.29, 0.717) is 35.6 Å². The van der Waals surface area contributed by atoms with Crippen LogP contribution in [0.1, 0.15) is 33.0 Å². The Kier molecular flexibility index (Phi) is 7.94. The quantitative estimate of drug-likeness (QED) is 0.251. The number of imidazole rings is 1. The number of hydrogen-bond acceptors (Lipinski definition) is 7. The molecule has 0 bridgehead atoms. The summed E-state index contributed by atoms with van der Waals surface area (Å²) in [6.45, 7) is 0.795. The average Bonchev–Trinajstić information content (AvgIpc) is 3.33. The van der Waals surface area contributed by atoms with Gasteiger partial charge in [-0.05, 0) is 48.0 Å². The van der Waals surface area contributed by atoms with Crippen molar-refractivity contribution in [1.82, 2.24) is 19.5 Å². The molecule has 206 valence electrons. The van der Waals surface area contributed by atoms with Gasteiger partial charge in [-0.1, -0.05) is 12.1 Å². The van der Waals surface area contributed by atoms with Gasteiger partial charge in [0.05, 0.1) is 28.9 Å². The Morgan fingerprint density at radius 1 is 1.07 bits per heavy atom. The number of hydrogen-bond donors (Lipinski definition) is 1. The van der Waals surface area contributed by atoms with Crippen molar-refractivity contribution in [3.8, 4) is 23.2 Å². The molecule has 3 heterocycles. The Morgan fingerprint density at radius 3 is 2.66 bits per heavy atom. The zero-order chi connectivity index (χ0) is 28.9. The van der Waals surface area contributed by atoms with Crippen LogP contribution < -0.4 is 4.74 Å². The Balaban J connectivity index is 1.40. The molecule has 11 heteroatoms. The molecule has 3 aromatic heterocycles. The lowest BCUT2D eigenvalue weighted by Gasteiger charge is -2.12. The summed E-state index contributed by atoms with van der Waals surface area (Å²) < 4.78 is 43.3.